The zero-order valence-electron chi connectivity index (χ0n) is 22.5. The van der Waals surface area contributed by atoms with Crippen LogP contribution in [0.4, 0.5) is 4.79 Å². The van der Waals surface area contributed by atoms with Crippen molar-refractivity contribution in [1.29, 1.82) is 0 Å². The van der Waals surface area contributed by atoms with Gasteiger partial charge < -0.3 is 24.9 Å². The first kappa shape index (κ1) is 28.1. The molecule has 3 unspecified atom stereocenters. The molecule has 3 atom stereocenters. The highest BCUT2D eigenvalue weighted by molar-refractivity contribution is 5.98. The molecule has 4 rings (SSSR count). The molecule has 10 nitrogen and oxygen atoms in total. The minimum absolute atomic E-state index is 0.0464. The van der Waals surface area contributed by atoms with E-state index in [1.54, 1.807) is 24.2 Å². The summed E-state index contributed by atoms with van der Waals surface area (Å²) in [5.74, 6) is -0.643. The number of benzene rings is 2. The maximum Gasteiger partial charge on any atom is 0.424 e. The van der Waals surface area contributed by atoms with Gasteiger partial charge in [-0.25, -0.2) is 14.8 Å². The van der Waals surface area contributed by atoms with Crippen molar-refractivity contribution >= 4 is 28.9 Å². The first-order valence-electron chi connectivity index (χ1n) is 13.2. The number of aliphatic hydroxyl groups is 1. The summed E-state index contributed by atoms with van der Waals surface area (Å²) in [5, 5.41) is 20.4. The number of fused-ring (bicyclic) bond motifs is 1. The van der Waals surface area contributed by atoms with E-state index in [9.17, 15) is 19.5 Å². The number of carbonyl (C=O) groups excluding carboxylic acids is 3. The number of furan rings is 1. The van der Waals surface area contributed by atoms with E-state index in [0.717, 1.165) is 10.9 Å². The summed E-state index contributed by atoms with van der Waals surface area (Å²) in [5.41, 5.74) is 1.44. The lowest BCUT2D eigenvalue weighted by Gasteiger charge is -2.30. The number of hydrogen-bond donors (Lipinski definition) is 3. The predicted molar refractivity (Wildman–Crippen MR) is 145 cm³/mol. The van der Waals surface area contributed by atoms with Gasteiger partial charge in [0.1, 0.15) is 18.2 Å². The Bertz CT molecular complexity index is 1240. The van der Waals surface area contributed by atoms with Crippen LogP contribution in [0, 0.1) is 5.92 Å². The summed E-state index contributed by atoms with van der Waals surface area (Å²) in [6.45, 7) is 4.39. The molecular weight excluding hydrogens is 500 g/mol. The lowest BCUT2D eigenvalue weighted by molar-refractivity contribution is -0.125. The number of aliphatic hydroxyl groups excluding tert-OH is 1. The van der Waals surface area contributed by atoms with Gasteiger partial charge in [-0.2, -0.15) is 0 Å². The third-order valence-corrected chi connectivity index (χ3v) is 6.72. The van der Waals surface area contributed by atoms with Gasteiger partial charge in [0.15, 0.2) is 5.76 Å². The van der Waals surface area contributed by atoms with Crippen LogP contribution in [0.5, 0.6) is 0 Å². The summed E-state index contributed by atoms with van der Waals surface area (Å²) in [6.07, 6.45) is -0.812. The Balaban J connectivity index is 1.38. The number of hydrazine groups is 1. The Morgan fingerprint density at radius 2 is 1.82 bits per heavy atom. The fraction of sp³-hybridized carbons (Fsp3) is 0.414. The van der Waals surface area contributed by atoms with E-state index in [2.05, 4.69) is 10.6 Å². The minimum Gasteiger partial charge on any atom is -0.451 e. The van der Waals surface area contributed by atoms with Crippen LogP contribution in [0.1, 0.15) is 42.8 Å². The Kier molecular flexibility index (Phi) is 9.21. The predicted octanol–water partition coefficient (Wildman–Crippen LogP) is 3.31. The Labute approximate surface area is 227 Å². The summed E-state index contributed by atoms with van der Waals surface area (Å²) in [4.78, 5) is 39.0. The van der Waals surface area contributed by atoms with E-state index in [4.69, 9.17) is 9.15 Å². The third-order valence-electron chi connectivity index (χ3n) is 6.72. The monoisotopic (exact) mass is 536 g/mol. The molecule has 0 aliphatic carbocycles. The van der Waals surface area contributed by atoms with Gasteiger partial charge in [-0.1, -0.05) is 62.4 Å². The molecule has 3 amide bonds. The molecule has 39 heavy (non-hydrogen) atoms. The highest BCUT2D eigenvalue weighted by atomic mass is 16.6. The standard InChI is InChI=1S/C29H36N4O6/c1-19(2)15-23(31-28(36)26-16-21-11-7-8-12-25(21)39-26)27(35)30-22-13-14-32(3)33(17-24(22)34)29(37)38-18-20-9-5-4-6-10-20/h4-12,16,19,22-24,34H,13-15,17-18H2,1-3H3,(H,30,35)(H,31,36). The average Bonchev–Trinajstić information content (AvgIpc) is 3.31. The third kappa shape index (κ3) is 7.36. The average molecular weight is 537 g/mol. The van der Waals surface area contributed by atoms with Crippen molar-refractivity contribution in [2.75, 3.05) is 20.1 Å². The zero-order chi connectivity index (χ0) is 27.9. The molecule has 0 saturated carbocycles. The number of carbonyl (C=O) groups is 3. The molecule has 3 N–H and O–H groups in total. The number of rotatable bonds is 8. The number of hydrogen-bond acceptors (Lipinski definition) is 7. The van der Waals surface area contributed by atoms with Crippen LogP contribution in [0.15, 0.2) is 65.1 Å². The van der Waals surface area contributed by atoms with Crippen LogP contribution in [0.3, 0.4) is 0 Å². The van der Waals surface area contributed by atoms with Crippen LogP contribution >= 0.6 is 0 Å². The van der Waals surface area contributed by atoms with Crippen LogP contribution in [-0.4, -0.2) is 71.4 Å². The molecule has 2 aromatic carbocycles. The lowest BCUT2D eigenvalue weighted by Crippen LogP contribution is -2.54. The van der Waals surface area contributed by atoms with Crippen LogP contribution in [0.2, 0.25) is 0 Å². The molecule has 3 aromatic rings. The number of para-hydroxylation sites is 1. The quantitative estimate of drug-likeness (QED) is 0.403. The summed E-state index contributed by atoms with van der Waals surface area (Å²) in [6, 6.07) is 16.8. The molecule has 1 aromatic heterocycles. The van der Waals surface area contributed by atoms with E-state index >= 15 is 0 Å². The first-order valence-corrected chi connectivity index (χ1v) is 13.2. The number of nitrogens with one attached hydrogen (secondary N) is 2. The Morgan fingerprint density at radius 1 is 1.10 bits per heavy atom. The van der Waals surface area contributed by atoms with E-state index in [1.165, 1.54) is 5.01 Å². The number of β-amino-alcohol motifs (C(OH)–C–C–N with tert-alkyl or cyclic N) is 1. The van der Waals surface area contributed by atoms with Gasteiger partial charge >= 0.3 is 6.09 Å². The van der Waals surface area contributed by atoms with E-state index in [-0.39, 0.29) is 24.8 Å². The second kappa shape index (κ2) is 12.8. The fourth-order valence-corrected chi connectivity index (χ4v) is 4.57. The second-order valence-electron chi connectivity index (χ2n) is 10.3. The molecule has 2 heterocycles. The number of nitrogens with zero attached hydrogens (tertiary/aromatic N) is 2. The topological polar surface area (TPSA) is 124 Å². The normalized spacial score (nSPS) is 18.9. The van der Waals surface area contributed by atoms with Crippen LogP contribution in [0.25, 0.3) is 11.0 Å². The molecule has 208 valence electrons. The van der Waals surface area contributed by atoms with Gasteiger partial charge in [0, 0.05) is 19.0 Å². The summed E-state index contributed by atoms with van der Waals surface area (Å²) < 4.78 is 11.1. The van der Waals surface area contributed by atoms with Crippen molar-refractivity contribution in [2.24, 2.45) is 5.92 Å². The Morgan fingerprint density at radius 3 is 2.54 bits per heavy atom. The van der Waals surface area contributed by atoms with Gasteiger partial charge in [0.05, 0.1) is 18.7 Å². The molecule has 0 radical (unpaired) electrons. The van der Waals surface area contributed by atoms with Crippen LogP contribution in [-0.2, 0) is 16.1 Å². The molecule has 1 saturated heterocycles. The zero-order valence-corrected chi connectivity index (χ0v) is 22.5. The molecule has 10 heteroatoms. The molecule has 1 fully saturated rings. The number of amides is 3. The van der Waals surface area contributed by atoms with Gasteiger partial charge in [0.25, 0.3) is 5.91 Å². The van der Waals surface area contributed by atoms with E-state index < -0.39 is 36.1 Å². The largest absolute Gasteiger partial charge is 0.451 e. The second-order valence-corrected chi connectivity index (χ2v) is 10.3. The number of ether oxygens (including phenoxy) is 1. The smallest absolute Gasteiger partial charge is 0.424 e. The lowest BCUT2D eigenvalue weighted by atomic mass is 10.0. The molecule has 0 bridgehead atoms. The van der Waals surface area contributed by atoms with Crippen molar-refractivity contribution in [1.82, 2.24) is 20.7 Å². The first-order chi connectivity index (χ1) is 18.7. The van der Waals surface area contributed by atoms with Gasteiger partial charge in [0.2, 0.25) is 5.91 Å². The van der Waals surface area contributed by atoms with Gasteiger partial charge in [-0.05, 0) is 36.5 Å². The fourth-order valence-electron chi connectivity index (χ4n) is 4.57. The molecular formula is C29H36N4O6. The highest BCUT2D eigenvalue weighted by Crippen LogP contribution is 2.20. The van der Waals surface area contributed by atoms with Crippen LogP contribution < -0.4 is 10.6 Å². The molecule has 0 spiro atoms. The maximum atomic E-state index is 13.3. The van der Waals surface area contributed by atoms with Crippen molar-refractivity contribution in [3.8, 4) is 0 Å². The van der Waals surface area contributed by atoms with E-state index in [0.29, 0.717) is 25.0 Å². The van der Waals surface area contributed by atoms with Crippen molar-refractivity contribution in [3.63, 3.8) is 0 Å². The highest BCUT2D eigenvalue weighted by Gasteiger charge is 2.34. The maximum absolute atomic E-state index is 13.3. The summed E-state index contributed by atoms with van der Waals surface area (Å²) >= 11 is 0. The summed E-state index contributed by atoms with van der Waals surface area (Å²) in [7, 11) is 1.73. The van der Waals surface area contributed by atoms with Gasteiger partial charge in [-0.15, -0.1) is 0 Å². The molecule has 1 aliphatic heterocycles. The molecule has 1 aliphatic rings. The van der Waals surface area contributed by atoms with Crippen molar-refractivity contribution in [3.05, 3.63) is 72.0 Å². The van der Waals surface area contributed by atoms with Gasteiger partial charge in [-0.3, -0.25) is 9.59 Å². The minimum atomic E-state index is -1.03. The van der Waals surface area contributed by atoms with E-state index in [1.807, 2.05) is 62.4 Å². The SMILES string of the molecule is CC(C)CC(NC(=O)c1cc2ccccc2o1)C(=O)NC1CCN(C)N(C(=O)OCc2ccccc2)CC1O. The van der Waals surface area contributed by atoms with Crippen molar-refractivity contribution in [2.45, 2.75) is 51.5 Å². The Hall–Kier alpha value is -3.89. The van der Waals surface area contributed by atoms with Crippen molar-refractivity contribution < 1.29 is 28.6 Å².